The fourth-order valence-electron chi connectivity index (χ4n) is 1.32. The number of hydrogen-bond donors (Lipinski definition) is 1. The van der Waals surface area contributed by atoms with Crippen molar-refractivity contribution in [1.29, 1.82) is 0 Å². The molecule has 1 atom stereocenters. The first-order valence-corrected chi connectivity index (χ1v) is 7.17. The molecule has 1 aromatic heterocycles. The summed E-state index contributed by atoms with van der Waals surface area (Å²) in [5, 5.41) is 11.1. The van der Waals surface area contributed by atoms with Gasteiger partial charge in [0, 0.05) is 6.07 Å². The second-order valence-corrected chi connectivity index (χ2v) is 5.27. The summed E-state index contributed by atoms with van der Waals surface area (Å²) in [6.45, 7) is 1.80. The first-order valence-electron chi connectivity index (χ1n) is 5.44. The maximum atomic E-state index is 11.7. The molecule has 2 rings (SSSR count). The quantitative estimate of drug-likeness (QED) is 0.525. The molecule has 1 heterocycles. The molecule has 0 saturated carbocycles. The normalized spacial score (nSPS) is 12.2. The van der Waals surface area contributed by atoms with E-state index in [9.17, 15) is 4.79 Å². The Hall–Kier alpha value is -1.54. The highest BCUT2D eigenvalue weighted by atomic mass is 32.2. The summed E-state index contributed by atoms with van der Waals surface area (Å²) >= 11 is 5.56. The smallest absolute Gasteiger partial charge is 0.324 e. The highest BCUT2D eigenvalue weighted by molar-refractivity contribution is 7.99. The van der Waals surface area contributed by atoms with Crippen LogP contribution in [0.15, 0.2) is 29.4 Å². The maximum Gasteiger partial charge on any atom is 0.324 e. The molecule has 0 N–H and O–H groups in total. The van der Waals surface area contributed by atoms with Crippen molar-refractivity contribution >= 4 is 30.4 Å². The number of benzene rings is 1. The van der Waals surface area contributed by atoms with Gasteiger partial charge in [0.2, 0.25) is 5.16 Å². The van der Waals surface area contributed by atoms with Crippen molar-refractivity contribution in [1.82, 2.24) is 20.2 Å². The lowest BCUT2D eigenvalue weighted by molar-refractivity contribution is -0.133. The van der Waals surface area contributed by atoms with E-state index in [0.717, 1.165) is 0 Å². The highest BCUT2D eigenvalue weighted by Crippen LogP contribution is 2.19. The monoisotopic (exact) mass is 296 g/mol. The van der Waals surface area contributed by atoms with E-state index in [2.05, 4.69) is 28.2 Å². The molecule has 19 heavy (non-hydrogen) atoms. The zero-order valence-corrected chi connectivity index (χ0v) is 12.1. The van der Waals surface area contributed by atoms with Crippen LogP contribution in [-0.4, -0.2) is 37.7 Å². The molecular formula is C11H12N4O2S2. The van der Waals surface area contributed by atoms with Crippen LogP contribution in [0, 0.1) is 0 Å². The van der Waals surface area contributed by atoms with Gasteiger partial charge in [-0.3, -0.25) is 4.79 Å². The van der Waals surface area contributed by atoms with Crippen molar-refractivity contribution in [2.45, 2.75) is 17.3 Å². The number of tetrazole rings is 1. The van der Waals surface area contributed by atoms with E-state index in [1.807, 2.05) is 6.26 Å². The minimum Gasteiger partial charge on any atom is -0.426 e. The second kappa shape index (κ2) is 6.07. The fraction of sp³-hybridized carbons (Fsp3) is 0.273. The molecule has 0 spiro atoms. The third-order valence-corrected chi connectivity index (χ3v) is 3.60. The first-order chi connectivity index (χ1) is 9.11. The summed E-state index contributed by atoms with van der Waals surface area (Å²) in [5.74, 6) is 0.166. The van der Waals surface area contributed by atoms with Crippen LogP contribution in [0.5, 0.6) is 5.75 Å². The third kappa shape index (κ3) is 3.27. The maximum absolute atomic E-state index is 11.7. The number of thiol groups is 1. The second-order valence-electron chi connectivity index (χ2n) is 3.69. The Kier molecular flexibility index (Phi) is 4.43. The Bertz CT molecular complexity index is 588. The zero-order valence-electron chi connectivity index (χ0n) is 10.3. The lowest BCUT2D eigenvalue weighted by Gasteiger charge is -2.09. The number of hydrogen-bond acceptors (Lipinski definition) is 7. The number of aromatic nitrogens is 4. The van der Waals surface area contributed by atoms with E-state index >= 15 is 0 Å². The molecule has 0 aliphatic rings. The molecule has 2 aromatic rings. The summed E-state index contributed by atoms with van der Waals surface area (Å²) in [5.41, 5.74) is 0.678. The summed E-state index contributed by atoms with van der Waals surface area (Å²) in [7, 11) is 0. The predicted octanol–water partition coefficient (Wildman–Crippen LogP) is 1.61. The summed E-state index contributed by atoms with van der Waals surface area (Å²) in [6.07, 6.45) is 1.86. The number of nitrogens with zero attached hydrogens (tertiary/aromatic N) is 4. The van der Waals surface area contributed by atoms with Gasteiger partial charge >= 0.3 is 5.97 Å². The van der Waals surface area contributed by atoms with E-state index in [-0.39, 0.29) is 11.2 Å². The first kappa shape index (κ1) is 13.9. The molecular weight excluding hydrogens is 284 g/mol. The van der Waals surface area contributed by atoms with Crippen LogP contribution in [-0.2, 0) is 4.79 Å². The zero-order chi connectivity index (χ0) is 13.8. The van der Waals surface area contributed by atoms with Gasteiger partial charge in [-0.05, 0) is 35.7 Å². The molecule has 1 unspecified atom stereocenters. The van der Waals surface area contributed by atoms with E-state index in [1.165, 1.54) is 16.4 Å². The van der Waals surface area contributed by atoms with Gasteiger partial charge in [-0.2, -0.15) is 16.4 Å². The van der Waals surface area contributed by atoms with Crippen LogP contribution >= 0.6 is 24.4 Å². The van der Waals surface area contributed by atoms with Gasteiger partial charge in [0.25, 0.3) is 0 Å². The van der Waals surface area contributed by atoms with Gasteiger partial charge < -0.3 is 4.74 Å². The Balaban J connectivity index is 2.21. The van der Waals surface area contributed by atoms with Crippen molar-refractivity contribution in [2.24, 2.45) is 0 Å². The van der Waals surface area contributed by atoms with Crippen molar-refractivity contribution < 1.29 is 9.53 Å². The van der Waals surface area contributed by atoms with Crippen molar-refractivity contribution in [3.05, 3.63) is 24.3 Å². The van der Waals surface area contributed by atoms with E-state index in [4.69, 9.17) is 4.74 Å². The van der Waals surface area contributed by atoms with E-state index in [0.29, 0.717) is 16.6 Å². The van der Waals surface area contributed by atoms with Crippen LogP contribution in [0.3, 0.4) is 0 Å². The van der Waals surface area contributed by atoms with Crippen molar-refractivity contribution in [3.63, 3.8) is 0 Å². The molecule has 0 saturated heterocycles. The largest absolute Gasteiger partial charge is 0.426 e. The lowest BCUT2D eigenvalue weighted by atomic mass is 10.3. The van der Waals surface area contributed by atoms with Crippen LogP contribution < -0.4 is 4.74 Å². The van der Waals surface area contributed by atoms with Gasteiger partial charge in [0.05, 0.1) is 10.9 Å². The Morgan fingerprint density at radius 3 is 2.95 bits per heavy atom. The average Bonchev–Trinajstić information content (AvgIpc) is 2.84. The summed E-state index contributed by atoms with van der Waals surface area (Å²) in [6, 6.07) is 6.94. The molecule has 0 bridgehead atoms. The molecule has 1 aromatic carbocycles. The number of ether oxygens (including phenoxy) is 1. The molecule has 100 valence electrons. The molecule has 0 amide bonds. The third-order valence-electron chi connectivity index (χ3n) is 2.42. The molecule has 0 aliphatic heterocycles. The van der Waals surface area contributed by atoms with Crippen LogP contribution in [0.4, 0.5) is 0 Å². The molecule has 0 aliphatic carbocycles. The van der Waals surface area contributed by atoms with Crippen LogP contribution in [0.2, 0.25) is 0 Å². The average molecular weight is 296 g/mol. The van der Waals surface area contributed by atoms with Crippen molar-refractivity contribution in [3.8, 4) is 11.4 Å². The predicted molar refractivity (Wildman–Crippen MR) is 75.0 cm³/mol. The highest BCUT2D eigenvalue weighted by Gasteiger charge is 2.14. The van der Waals surface area contributed by atoms with Gasteiger partial charge in [0.15, 0.2) is 0 Å². The lowest BCUT2D eigenvalue weighted by Crippen LogP contribution is -2.19. The minimum absolute atomic E-state index is 0.211. The minimum atomic E-state index is -0.285. The molecule has 6 nitrogen and oxygen atoms in total. The Labute approximate surface area is 119 Å². The summed E-state index contributed by atoms with van der Waals surface area (Å²) in [4.78, 5) is 11.7. The number of carbonyl (C=O) groups excluding carboxylic acids is 1. The van der Waals surface area contributed by atoms with Gasteiger partial charge in [0.1, 0.15) is 5.75 Å². The van der Waals surface area contributed by atoms with Crippen molar-refractivity contribution in [2.75, 3.05) is 6.26 Å². The van der Waals surface area contributed by atoms with Crippen LogP contribution in [0.25, 0.3) is 5.69 Å². The Morgan fingerprint density at radius 2 is 2.32 bits per heavy atom. The van der Waals surface area contributed by atoms with Gasteiger partial charge in [-0.1, -0.05) is 6.07 Å². The number of thioether (sulfide) groups is 1. The molecule has 0 radical (unpaired) electrons. The summed E-state index contributed by atoms with van der Waals surface area (Å²) < 4.78 is 6.72. The number of carbonyl (C=O) groups is 1. The standard InChI is InChI=1S/C11H12N4O2S2/c1-7(19-2)10(16)17-9-5-3-4-8(6-9)15-11(18)12-13-14-15/h3-7H,1-2H3,(H,12,14,18). The SMILES string of the molecule is CSC(C)C(=O)Oc1cccc(-n2nnnc2S)c1. The van der Waals surface area contributed by atoms with Crippen LogP contribution in [0.1, 0.15) is 6.92 Å². The molecule has 0 fully saturated rings. The fourth-order valence-corrected chi connectivity index (χ4v) is 1.76. The van der Waals surface area contributed by atoms with E-state index < -0.39 is 0 Å². The number of esters is 1. The van der Waals surface area contributed by atoms with Gasteiger partial charge in [-0.25, -0.2) is 0 Å². The molecule has 8 heteroatoms. The topological polar surface area (TPSA) is 69.9 Å². The Morgan fingerprint density at radius 1 is 1.53 bits per heavy atom. The van der Waals surface area contributed by atoms with E-state index in [1.54, 1.807) is 31.2 Å². The number of rotatable bonds is 4. The van der Waals surface area contributed by atoms with Gasteiger partial charge in [-0.15, -0.1) is 17.7 Å².